The smallest absolute Gasteiger partial charge is 0.252 e. The molecule has 2 heterocycles. The minimum atomic E-state index is -0.0902. The lowest BCUT2D eigenvalue weighted by Crippen LogP contribution is -2.30. The number of aromatic amines is 1. The highest BCUT2D eigenvalue weighted by Crippen LogP contribution is 2.28. The van der Waals surface area contributed by atoms with Crippen LogP contribution in [0.15, 0.2) is 41.2 Å². The number of fused-ring (bicyclic) bond motifs is 1. The molecule has 2 aromatic heterocycles. The number of aryl methyl sites for hydroxylation is 2. The van der Waals surface area contributed by atoms with Crippen LogP contribution in [0.5, 0.6) is 11.5 Å². The van der Waals surface area contributed by atoms with Gasteiger partial charge in [0.1, 0.15) is 0 Å². The van der Waals surface area contributed by atoms with E-state index >= 15 is 0 Å². The molecule has 196 valence electrons. The summed E-state index contributed by atoms with van der Waals surface area (Å²) in [4.78, 5) is 18.3. The van der Waals surface area contributed by atoms with Gasteiger partial charge in [-0.15, -0.1) is 5.10 Å². The quantitative estimate of drug-likeness (QED) is 0.312. The largest absolute Gasteiger partial charge is 0.493 e. The standard InChI is InChI=1S/C27H34N6O4/c1-18-12-19(2)22-15-21(27(34)28-23(22)13-18)16-32(17-26-29-30-31-33(26)10-11-35-3)9-8-20-6-7-24(36-4)25(14-20)37-5/h6-7,12-15H,8-11,16-17H2,1-5H3,(H,28,34). The van der Waals surface area contributed by atoms with E-state index in [2.05, 4.69) is 38.4 Å². The Morgan fingerprint density at radius 1 is 1.00 bits per heavy atom. The Kier molecular flexibility index (Phi) is 8.52. The van der Waals surface area contributed by atoms with Gasteiger partial charge in [0.25, 0.3) is 5.56 Å². The second-order valence-electron chi connectivity index (χ2n) is 9.13. The Labute approximate surface area is 216 Å². The lowest BCUT2D eigenvalue weighted by molar-refractivity contribution is 0.178. The molecule has 0 radical (unpaired) electrons. The molecule has 0 bridgehead atoms. The Balaban J connectivity index is 1.61. The molecule has 10 heteroatoms. The van der Waals surface area contributed by atoms with Crippen LogP contribution in [0.4, 0.5) is 0 Å². The fraction of sp³-hybridized carbons (Fsp3) is 0.407. The molecule has 0 saturated heterocycles. The molecule has 0 aliphatic heterocycles. The summed E-state index contributed by atoms with van der Waals surface area (Å²) in [7, 11) is 4.90. The Morgan fingerprint density at radius 2 is 1.81 bits per heavy atom. The van der Waals surface area contributed by atoms with E-state index in [-0.39, 0.29) is 5.56 Å². The number of methoxy groups -OCH3 is 3. The first kappa shape index (κ1) is 26.3. The highest BCUT2D eigenvalue weighted by Gasteiger charge is 2.16. The van der Waals surface area contributed by atoms with Crippen molar-refractivity contribution < 1.29 is 14.2 Å². The zero-order valence-corrected chi connectivity index (χ0v) is 22.1. The van der Waals surface area contributed by atoms with Crippen LogP contribution in [0.2, 0.25) is 0 Å². The van der Waals surface area contributed by atoms with E-state index in [1.54, 1.807) is 26.0 Å². The molecule has 0 aliphatic carbocycles. The number of H-pyrrole nitrogens is 1. The van der Waals surface area contributed by atoms with Crippen LogP contribution in [0.1, 0.15) is 28.1 Å². The fourth-order valence-electron chi connectivity index (χ4n) is 4.50. The van der Waals surface area contributed by atoms with Crippen molar-refractivity contribution in [1.82, 2.24) is 30.1 Å². The van der Waals surface area contributed by atoms with E-state index < -0.39 is 0 Å². The van der Waals surface area contributed by atoms with Gasteiger partial charge >= 0.3 is 0 Å². The van der Waals surface area contributed by atoms with Gasteiger partial charge in [0, 0.05) is 36.7 Å². The molecular weight excluding hydrogens is 472 g/mol. The number of nitrogens with zero attached hydrogens (tertiary/aromatic N) is 5. The number of pyridine rings is 1. The normalized spacial score (nSPS) is 11.4. The molecule has 0 amide bonds. The van der Waals surface area contributed by atoms with Crippen molar-refractivity contribution in [3.05, 3.63) is 74.8 Å². The van der Waals surface area contributed by atoms with Crippen molar-refractivity contribution in [2.45, 2.75) is 39.9 Å². The van der Waals surface area contributed by atoms with Crippen molar-refractivity contribution >= 4 is 10.9 Å². The van der Waals surface area contributed by atoms with E-state index in [4.69, 9.17) is 14.2 Å². The second-order valence-corrected chi connectivity index (χ2v) is 9.13. The second kappa shape index (κ2) is 12.0. The third-order valence-electron chi connectivity index (χ3n) is 6.43. The van der Waals surface area contributed by atoms with Gasteiger partial charge in [-0.1, -0.05) is 12.1 Å². The van der Waals surface area contributed by atoms with Crippen LogP contribution < -0.4 is 15.0 Å². The topological polar surface area (TPSA) is 107 Å². The number of benzene rings is 2. The maximum Gasteiger partial charge on any atom is 0.252 e. The van der Waals surface area contributed by atoms with Gasteiger partial charge in [-0.25, -0.2) is 4.68 Å². The van der Waals surface area contributed by atoms with E-state index in [1.165, 1.54) is 0 Å². The number of aromatic nitrogens is 5. The number of tetrazole rings is 1. The number of hydrogen-bond donors (Lipinski definition) is 1. The molecule has 0 aliphatic rings. The average Bonchev–Trinajstić information content (AvgIpc) is 3.33. The first-order valence-electron chi connectivity index (χ1n) is 12.2. The van der Waals surface area contributed by atoms with E-state index in [0.29, 0.717) is 55.7 Å². The molecule has 4 aromatic rings. The van der Waals surface area contributed by atoms with Crippen molar-refractivity contribution in [1.29, 1.82) is 0 Å². The summed E-state index contributed by atoms with van der Waals surface area (Å²) in [5.74, 6) is 2.09. The highest BCUT2D eigenvalue weighted by atomic mass is 16.5. The molecule has 10 nitrogen and oxygen atoms in total. The maximum atomic E-state index is 13.1. The van der Waals surface area contributed by atoms with Gasteiger partial charge in [-0.2, -0.15) is 0 Å². The number of ether oxygens (including phenoxy) is 3. The summed E-state index contributed by atoms with van der Waals surface area (Å²) < 4.78 is 17.8. The molecule has 0 saturated carbocycles. The molecule has 37 heavy (non-hydrogen) atoms. The summed E-state index contributed by atoms with van der Waals surface area (Å²) in [6.07, 6.45) is 0.740. The first-order chi connectivity index (χ1) is 17.9. The summed E-state index contributed by atoms with van der Waals surface area (Å²) in [5.41, 5.74) is 4.81. The molecule has 2 aromatic carbocycles. The van der Waals surface area contributed by atoms with Gasteiger partial charge in [0.15, 0.2) is 17.3 Å². The number of rotatable bonds is 12. The van der Waals surface area contributed by atoms with Gasteiger partial charge < -0.3 is 19.2 Å². The van der Waals surface area contributed by atoms with Crippen molar-refractivity contribution in [2.75, 3.05) is 34.5 Å². The van der Waals surface area contributed by atoms with Crippen molar-refractivity contribution in [2.24, 2.45) is 0 Å². The van der Waals surface area contributed by atoms with Crippen LogP contribution in [0, 0.1) is 13.8 Å². The SMILES string of the molecule is COCCn1nnnc1CN(CCc1ccc(OC)c(OC)c1)Cc1cc2c(C)cc(C)cc2[nH]c1=O. The summed E-state index contributed by atoms with van der Waals surface area (Å²) in [5, 5.41) is 13.2. The molecule has 0 spiro atoms. The molecule has 4 rings (SSSR count). The minimum absolute atomic E-state index is 0.0902. The van der Waals surface area contributed by atoms with Crippen LogP contribution in [-0.2, 0) is 30.8 Å². The Morgan fingerprint density at radius 3 is 2.57 bits per heavy atom. The predicted molar refractivity (Wildman–Crippen MR) is 141 cm³/mol. The van der Waals surface area contributed by atoms with Gasteiger partial charge in [0.2, 0.25) is 0 Å². The molecule has 0 unspecified atom stereocenters. The molecule has 0 fully saturated rings. The van der Waals surface area contributed by atoms with Gasteiger partial charge in [0.05, 0.1) is 33.9 Å². The Bertz CT molecular complexity index is 1410. The predicted octanol–water partition coefficient (Wildman–Crippen LogP) is 3.04. The van der Waals surface area contributed by atoms with Crippen molar-refractivity contribution in [3.63, 3.8) is 0 Å². The minimum Gasteiger partial charge on any atom is -0.493 e. The third kappa shape index (κ3) is 6.33. The molecule has 0 atom stereocenters. The third-order valence-corrected chi connectivity index (χ3v) is 6.43. The van der Waals surface area contributed by atoms with E-state index in [9.17, 15) is 4.79 Å². The van der Waals surface area contributed by atoms with Gasteiger partial charge in [-0.3, -0.25) is 9.69 Å². The van der Waals surface area contributed by atoms with E-state index in [0.717, 1.165) is 34.0 Å². The first-order valence-corrected chi connectivity index (χ1v) is 12.2. The zero-order valence-electron chi connectivity index (χ0n) is 22.1. The van der Waals surface area contributed by atoms with Crippen molar-refractivity contribution in [3.8, 4) is 11.5 Å². The van der Waals surface area contributed by atoms with Gasteiger partial charge in [-0.05, 0) is 71.7 Å². The molecule has 1 N–H and O–H groups in total. The van der Waals surface area contributed by atoms with Crippen LogP contribution in [0.25, 0.3) is 10.9 Å². The maximum absolute atomic E-state index is 13.1. The van der Waals surface area contributed by atoms with Crippen LogP contribution >= 0.6 is 0 Å². The zero-order chi connectivity index (χ0) is 26.4. The average molecular weight is 507 g/mol. The summed E-state index contributed by atoms with van der Waals surface area (Å²) >= 11 is 0. The van der Waals surface area contributed by atoms with Crippen LogP contribution in [0.3, 0.4) is 0 Å². The lowest BCUT2D eigenvalue weighted by Gasteiger charge is -2.22. The Hall–Kier alpha value is -3.76. The fourth-order valence-corrected chi connectivity index (χ4v) is 4.50. The van der Waals surface area contributed by atoms with E-state index in [1.807, 2.05) is 37.3 Å². The summed E-state index contributed by atoms with van der Waals surface area (Å²) in [6.45, 7) is 6.76. The number of hydrogen-bond acceptors (Lipinski definition) is 8. The highest BCUT2D eigenvalue weighted by molar-refractivity contribution is 5.83. The molecular formula is C27H34N6O4. The monoisotopic (exact) mass is 506 g/mol. The number of nitrogens with one attached hydrogen (secondary N) is 1. The lowest BCUT2D eigenvalue weighted by atomic mass is 10.0. The van der Waals surface area contributed by atoms with Crippen LogP contribution in [-0.4, -0.2) is 64.6 Å². The summed E-state index contributed by atoms with van der Waals surface area (Å²) in [6, 6.07) is 12.0.